The summed E-state index contributed by atoms with van der Waals surface area (Å²) < 4.78 is 0. The molecule has 0 heterocycles. The normalized spacial score (nSPS) is 40.1. The van der Waals surface area contributed by atoms with Gasteiger partial charge in [0.15, 0.2) is 0 Å². The van der Waals surface area contributed by atoms with Gasteiger partial charge in [0.25, 0.3) is 0 Å². The number of hydrogen-bond donors (Lipinski definition) is 1. The molecule has 0 aromatic rings. The quantitative estimate of drug-likeness (QED) is 0.552. The molecule has 1 N–H and O–H groups in total. The Balaban J connectivity index is 2.61. The van der Waals surface area contributed by atoms with E-state index in [4.69, 9.17) is 5.11 Å². The van der Waals surface area contributed by atoms with Crippen LogP contribution in [0.4, 0.5) is 0 Å². The number of allylic oxidation sites excluding steroid dienone is 1. The van der Waals surface area contributed by atoms with Gasteiger partial charge in [-0.15, -0.1) is 0 Å². The summed E-state index contributed by atoms with van der Waals surface area (Å²) in [6.45, 7) is 4.63. The predicted molar refractivity (Wildman–Crippen MR) is 42.7 cm³/mol. The van der Waals surface area contributed by atoms with Crippen molar-refractivity contribution in [2.24, 2.45) is 11.3 Å². The van der Waals surface area contributed by atoms with Gasteiger partial charge in [0.2, 0.25) is 0 Å². The zero-order chi connectivity index (χ0) is 7.61. The summed E-state index contributed by atoms with van der Waals surface area (Å²) in [6.07, 6.45) is 6.63. The molecule has 1 nitrogen and oxygen atoms in total. The van der Waals surface area contributed by atoms with Crippen LogP contribution in [-0.4, -0.2) is 11.7 Å². The van der Waals surface area contributed by atoms with Crippen molar-refractivity contribution in [3.8, 4) is 0 Å². The summed E-state index contributed by atoms with van der Waals surface area (Å²) in [5.41, 5.74) is 0.0671. The van der Waals surface area contributed by atoms with Gasteiger partial charge >= 0.3 is 0 Å². The van der Waals surface area contributed by atoms with Gasteiger partial charge in [0.1, 0.15) is 0 Å². The molecular weight excluding hydrogens is 124 g/mol. The molecule has 0 aliphatic heterocycles. The molecule has 1 heteroatoms. The Labute approximate surface area is 62.8 Å². The summed E-state index contributed by atoms with van der Waals surface area (Å²) in [7, 11) is 0. The molecule has 0 amide bonds. The highest BCUT2D eigenvalue weighted by Crippen LogP contribution is 2.32. The standard InChI is InChI=1S/C9H16O/c1-8-4-3-5-9(2,6-8)7-10/h3,5,8,10H,4,6-7H2,1-2H3/t8-,9-/m1/s1. The first-order valence-electron chi connectivity index (χ1n) is 3.95. The maximum atomic E-state index is 9.02. The van der Waals surface area contributed by atoms with E-state index >= 15 is 0 Å². The van der Waals surface area contributed by atoms with Gasteiger partial charge in [-0.25, -0.2) is 0 Å². The van der Waals surface area contributed by atoms with E-state index in [0.29, 0.717) is 0 Å². The lowest BCUT2D eigenvalue weighted by Gasteiger charge is -2.30. The molecule has 0 spiro atoms. The van der Waals surface area contributed by atoms with Crippen LogP contribution in [0.5, 0.6) is 0 Å². The second-order valence-electron chi connectivity index (χ2n) is 3.76. The van der Waals surface area contributed by atoms with E-state index in [1.807, 2.05) is 0 Å². The maximum Gasteiger partial charge on any atom is 0.0519 e. The smallest absolute Gasteiger partial charge is 0.0519 e. The third kappa shape index (κ3) is 1.60. The molecule has 0 unspecified atom stereocenters. The zero-order valence-electron chi connectivity index (χ0n) is 6.80. The fourth-order valence-corrected chi connectivity index (χ4v) is 1.65. The average molecular weight is 140 g/mol. The lowest BCUT2D eigenvalue weighted by molar-refractivity contribution is 0.152. The van der Waals surface area contributed by atoms with E-state index in [2.05, 4.69) is 26.0 Å². The third-order valence-electron chi connectivity index (χ3n) is 2.23. The van der Waals surface area contributed by atoms with E-state index in [1.54, 1.807) is 0 Å². The van der Waals surface area contributed by atoms with Crippen molar-refractivity contribution in [3.05, 3.63) is 12.2 Å². The number of aliphatic hydroxyl groups excluding tert-OH is 1. The van der Waals surface area contributed by atoms with Gasteiger partial charge in [-0.1, -0.05) is 26.0 Å². The summed E-state index contributed by atoms with van der Waals surface area (Å²) >= 11 is 0. The van der Waals surface area contributed by atoms with Crippen molar-refractivity contribution in [2.75, 3.05) is 6.61 Å². The SMILES string of the molecule is C[C@@H]1CC=C[C@@](C)(CO)C1. The molecule has 0 saturated carbocycles. The Hall–Kier alpha value is -0.300. The van der Waals surface area contributed by atoms with Crippen LogP contribution >= 0.6 is 0 Å². The Morgan fingerprint density at radius 3 is 2.80 bits per heavy atom. The maximum absolute atomic E-state index is 9.02. The van der Waals surface area contributed by atoms with Crippen LogP contribution in [0, 0.1) is 11.3 Å². The third-order valence-corrected chi connectivity index (χ3v) is 2.23. The molecule has 0 saturated heterocycles. The van der Waals surface area contributed by atoms with Crippen molar-refractivity contribution in [1.29, 1.82) is 0 Å². The topological polar surface area (TPSA) is 20.2 Å². The zero-order valence-corrected chi connectivity index (χ0v) is 6.80. The minimum absolute atomic E-state index is 0.0671. The summed E-state index contributed by atoms with van der Waals surface area (Å²) in [4.78, 5) is 0. The van der Waals surface area contributed by atoms with Crippen molar-refractivity contribution in [2.45, 2.75) is 26.7 Å². The van der Waals surface area contributed by atoms with Gasteiger partial charge in [-0.05, 0) is 18.8 Å². The van der Waals surface area contributed by atoms with Gasteiger partial charge in [-0.2, -0.15) is 0 Å². The second-order valence-corrected chi connectivity index (χ2v) is 3.76. The summed E-state index contributed by atoms with van der Waals surface area (Å²) in [6, 6.07) is 0. The van der Waals surface area contributed by atoms with E-state index < -0.39 is 0 Å². The molecule has 1 rings (SSSR count). The van der Waals surface area contributed by atoms with Crippen LogP contribution in [0.2, 0.25) is 0 Å². The van der Waals surface area contributed by atoms with Crippen molar-refractivity contribution in [3.63, 3.8) is 0 Å². The van der Waals surface area contributed by atoms with Crippen LogP contribution in [0.1, 0.15) is 26.7 Å². The molecule has 58 valence electrons. The van der Waals surface area contributed by atoms with E-state index in [-0.39, 0.29) is 12.0 Å². The van der Waals surface area contributed by atoms with Gasteiger partial charge < -0.3 is 5.11 Å². The highest BCUT2D eigenvalue weighted by atomic mass is 16.3. The fourth-order valence-electron chi connectivity index (χ4n) is 1.65. The lowest BCUT2D eigenvalue weighted by atomic mass is 9.77. The van der Waals surface area contributed by atoms with Crippen LogP contribution < -0.4 is 0 Å². The molecule has 1 aliphatic rings. The number of hydrogen-bond acceptors (Lipinski definition) is 1. The highest BCUT2D eigenvalue weighted by Gasteiger charge is 2.24. The molecule has 0 bridgehead atoms. The Kier molecular flexibility index (Phi) is 2.14. The molecule has 1 aliphatic carbocycles. The summed E-state index contributed by atoms with van der Waals surface area (Å²) in [5, 5.41) is 9.02. The number of rotatable bonds is 1. The van der Waals surface area contributed by atoms with Crippen LogP contribution in [-0.2, 0) is 0 Å². The minimum Gasteiger partial charge on any atom is -0.395 e. The first-order chi connectivity index (χ1) is 4.66. The van der Waals surface area contributed by atoms with Crippen molar-refractivity contribution >= 4 is 0 Å². The molecule has 0 aromatic carbocycles. The second kappa shape index (κ2) is 2.75. The molecule has 0 aromatic heterocycles. The molecule has 0 radical (unpaired) electrons. The lowest BCUT2D eigenvalue weighted by Crippen LogP contribution is -2.24. The van der Waals surface area contributed by atoms with Gasteiger partial charge in [0.05, 0.1) is 6.61 Å². The van der Waals surface area contributed by atoms with Crippen LogP contribution in [0.3, 0.4) is 0 Å². The monoisotopic (exact) mass is 140 g/mol. The number of aliphatic hydroxyl groups is 1. The average Bonchev–Trinajstić information content (AvgIpc) is 1.88. The van der Waals surface area contributed by atoms with E-state index in [9.17, 15) is 0 Å². The van der Waals surface area contributed by atoms with Crippen LogP contribution in [0.15, 0.2) is 12.2 Å². The van der Waals surface area contributed by atoms with Gasteiger partial charge in [0, 0.05) is 5.41 Å². The van der Waals surface area contributed by atoms with Gasteiger partial charge in [-0.3, -0.25) is 0 Å². The molecule has 0 fully saturated rings. The van der Waals surface area contributed by atoms with Crippen molar-refractivity contribution in [1.82, 2.24) is 0 Å². The molecule has 2 atom stereocenters. The Morgan fingerprint density at radius 1 is 1.70 bits per heavy atom. The minimum atomic E-state index is 0.0671. The highest BCUT2D eigenvalue weighted by molar-refractivity contribution is 5.02. The predicted octanol–water partition coefficient (Wildman–Crippen LogP) is 1.97. The Morgan fingerprint density at radius 2 is 2.40 bits per heavy atom. The van der Waals surface area contributed by atoms with Crippen molar-refractivity contribution < 1.29 is 5.11 Å². The molecule has 10 heavy (non-hydrogen) atoms. The first-order valence-corrected chi connectivity index (χ1v) is 3.95. The van der Waals surface area contributed by atoms with E-state index in [0.717, 1.165) is 12.3 Å². The Bertz CT molecular complexity index is 140. The summed E-state index contributed by atoms with van der Waals surface area (Å²) in [5.74, 6) is 0.738. The molecular formula is C9H16O. The largest absolute Gasteiger partial charge is 0.395 e. The first kappa shape index (κ1) is 7.80. The fraction of sp³-hybridized carbons (Fsp3) is 0.778. The van der Waals surface area contributed by atoms with E-state index in [1.165, 1.54) is 6.42 Å². The van der Waals surface area contributed by atoms with Crippen LogP contribution in [0.25, 0.3) is 0 Å².